The molecule has 10 nitrogen and oxygen atoms in total. The molecule has 180 valence electrons. The average molecular weight is 479 g/mol. The number of sulfonamides is 1. The van der Waals surface area contributed by atoms with Gasteiger partial charge in [-0.1, -0.05) is 44.7 Å². The molecule has 0 aromatic heterocycles. The van der Waals surface area contributed by atoms with Crippen molar-refractivity contribution in [1.82, 2.24) is 14.1 Å². The number of imide groups is 2. The zero-order valence-corrected chi connectivity index (χ0v) is 19.8. The van der Waals surface area contributed by atoms with Crippen LogP contribution in [0.3, 0.4) is 0 Å². The first kappa shape index (κ1) is 24.8. The molecule has 1 aliphatic heterocycles. The van der Waals surface area contributed by atoms with Crippen molar-refractivity contribution in [3.63, 3.8) is 0 Å². The lowest BCUT2D eigenvalue weighted by Crippen LogP contribution is -2.40. The maximum Gasteiger partial charge on any atom is 0.334 e. The van der Waals surface area contributed by atoms with Gasteiger partial charge in [-0.2, -0.15) is 4.31 Å². The van der Waals surface area contributed by atoms with Crippen molar-refractivity contribution >= 4 is 39.5 Å². The molecule has 1 aliphatic carbocycles. The van der Waals surface area contributed by atoms with Gasteiger partial charge in [-0.05, 0) is 31.4 Å². The summed E-state index contributed by atoms with van der Waals surface area (Å²) >= 11 is 0. The molecule has 0 atom stereocenters. The van der Waals surface area contributed by atoms with Crippen LogP contribution in [0.15, 0.2) is 29.2 Å². The smallest absolute Gasteiger partial charge is 0.323 e. The van der Waals surface area contributed by atoms with Gasteiger partial charge in [0.1, 0.15) is 11.4 Å². The number of anilines is 1. The minimum atomic E-state index is -3.88. The molecule has 3 rings (SSSR count). The number of urea groups is 1. The lowest BCUT2D eigenvalue weighted by molar-refractivity contribution is -0.143. The van der Waals surface area contributed by atoms with E-state index in [1.807, 2.05) is 6.92 Å². The van der Waals surface area contributed by atoms with Crippen LogP contribution in [0.25, 0.3) is 0 Å². The number of carbonyl (C=O) groups is 4. The fraction of sp³-hybridized carbons (Fsp3) is 0.545. The van der Waals surface area contributed by atoms with Crippen molar-refractivity contribution in [2.45, 2.75) is 62.8 Å². The van der Waals surface area contributed by atoms with Gasteiger partial charge in [0.25, 0.3) is 0 Å². The highest BCUT2D eigenvalue weighted by molar-refractivity contribution is 7.89. The summed E-state index contributed by atoms with van der Waals surface area (Å²) in [5.41, 5.74) is 0.0541. The van der Waals surface area contributed by atoms with E-state index in [4.69, 9.17) is 0 Å². The van der Waals surface area contributed by atoms with Gasteiger partial charge in [0.05, 0.1) is 5.69 Å². The summed E-state index contributed by atoms with van der Waals surface area (Å²) < 4.78 is 27.9. The van der Waals surface area contributed by atoms with E-state index in [9.17, 15) is 27.6 Å². The summed E-state index contributed by atoms with van der Waals surface area (Å²) in [5.74, 6) is -2.80. The largest absolute Gasteiger partial charge is 0.334 e. The van der Waals surface area contributed by atoms with E-state index in [-0.39, 0.29) is 23.2 Å². The number of nitrogens with one attached hydrogen (secondary N) is 1. The fourth-order valence-corrected chi connectivity index (χ4v) is 5.69. The molecule has 1 heterocycles. The molecule has 1 N–H and O–H groups in total. The summed E-state index contributed by atoms with van der Waals surface area (Å²) in [7, 11) is -2.34. The molecule has 1 aromatic rings. The lowest BCUT2D eigenvalue weighted by Gasteiger charge is -2.31. The Labute approximate surface area is 193 Å². The predicted octanol–water partition coefficient (Wildman–Crippen LogP) is 2.17. The quantitative estimate of drug-likeness (QED) is 0.428. The van der Waals surface area contributed by atoms with Crippen LogP contribution in [-0.4, -0.2) is 72.5 Å². The Morgan fingerprint density at radius 1 is 1.06 bits per heavy atom. The topological polar surface area (TPSA) is 124 Å². The van der Waals surface area contributed by atoms with Crippen LogP contribution >= 0.6 is 0 Å². The van der Waals surface area contributed by atoms with Crippen LogP contribution in [0.2, 0.25) is 0 Å². The van der Waals surface area contributed by atoms with Crippen LogP contribution in [0.5, 0.6) is 0 Å². The summed E-state index contributed by atoms with van der Waals surface area (Å²) in [6.07, 6.45) is 5.86. The normalized spacial score (nSPS) is 17.8. The monoisotopic (exact) mass is 478 g/mol. The number of benzene rings is 1. The minimum Gasteiger partial charge on any atom is -0.323 e. The molecule has 1 aromatic carbocycles. The molecule has 1 saturated heterocycles. The van der Waals surface area contributed by atoms with Crippen molar-refractivity contribution < 1.29 is 27.6 Å². The number of hydrogen-bond donors (Lipinski definition) is 1. The van der Waals surface area contributed by atoms with E-state index >= 15 is 0 Å². The van der Waals surface area contributed by atoms with Crippen LogP contribution < -0.4 is 5.32 Å². The Hall–Kier alpha value is -2.79. The number of nitrogens with zero attached hydrogens (tertiary/aromatic N) is 3. The molecule has 0 unspecified atom stereocenters. The van der Waals surface area contributed by atoms with Gasteiger partial charge in [-0.15, -0.1) is 0 Å². The van der Waals surface area contributed by atoms with Crippen molar-refractivity contribution in [3.05, 3.63) is 24.3 Å². The van der Waals surface area contributed by atoms with Crippen LogP contribution in [0.4, 0.5) is 10.5 Å². The highest BCUT2D eigenvalue weighted by Gasteiger charge is 2.44. The molecule has 33 heavy (non-hydrogen) atoms. The lowest BCUT2D eigenvalue weighted by atomic mass is 9.96. The number of rotatable bonds is 9. The molecule has 0 radical (unpaired) electrons. The van der Waals surface area contributed by atoms with Crippen LogP contribution in [0, 0.1) is 0 Å². The van der Waals surface area contributed by atoms with Crippen LogP contribution in [0.1, 0.15) is 51.9 Å². The van der Waals surface area contributed by atoms with Gasteiger partial charge >= 0.3 is 17.8 Å². The maximum absolute atomic E-state index is 13.3. The Bertz CT molecular complexity index is 1040. The Morgan fingerprint density at radius 2 is 1.70 bits per heavy atom. The number of hydrogen-bond acceptors (Lipinski definition) is 6. The van der Waals surface area contributed by atoms with Gasteiger partial charge in [0.15, 0.2) is 0 Å². The second-order valence-corrected chi connectivity index (χ2v) is 10.3. The molecule has 2 aliphatic rings. The van der Waals surface area contributed by atoms with Gasteiger partial charge < -0.3 is 5.32 Å². The third-order valence-electron chi connectivity index (χ3n) is 6.08. The highest BCUT2D eigenvalue weighted by atomic mass is 32.2. The maximum atomic E-state index is 13.3. The predicted molar refractivity (Wildman–Crippen MR) is 121 cm³/mol. The van der Waals surface area contributed by atoms with E-state index in [0.29, 0.717) is 11.3 Å². The van der Waals surface area contributed by atoms with E-state index in [1.165, 1.54) is 16.4 Å². The Balaban J connectivity index is 1.74. The first-order valence-corrected chi connectivity index (χ1v) is 12.7. The molecule has 0 bridgehead atoms. The van der Waals surface area contributed by atoms with Crippen LogP contribution in [-0.2, 0) is 24.4 Å². The molecular formula is C22H30N4O6S. The third kappa shape index (κ3) is 5.25. The molecule has 2 fully saturated rings. The van der Waals surface area contributed by atoms with E-state index in [2.05, 4.69) is 5.32 Å². The summed E-state index contributed by atoms with van der Waals surface area (Å²) in [4.78, 5) is 50.7. The van der Waals surface area contributed by atoms with Crippen molar-refractivity contribution in [2.75, 3.05) is 25.5 Å². The first-order valence-electron chi connectivity index (χ1n) is 11.2. The van der Waals surface area contributed by atoms with Crippen molar-refractivity contribution in [3.8, 4) is 0 Å². The van der Waals surface area contributed by atoms with Gasteiger partial charge in [0.2, 0.25) is 15.9 Å². The fourth-order valence-electron chi connectivity index (χ4n) is 4.13. The number of carbonyl (C=O) groups excluding carboxylic acids is 4. The standard InChI is InChI=1S/C22H30N4O6S/c1-3-4-14-25-20(28)21(29)26(22(25)30)15-19(27)23-17-12-8-9-13-18(17)33(31,32)24(2)16-10-6-5-7-11-16/h8-9,12-13,16H,3-7,10-11,14-15H2,1-2H3,(H,23,27). The Morgan fingerprint density at radius 3 is 2.36 bits per heavy atom. The number of para-hydroxylation sites is 1. The molecule has 11 heteroatoms. The molecular weight excluding hydrogens is 448 g/mol. The SMILES string of the molecule is CCCCN1C(=O)C(=O)N(CC(=O)Nc2ccccc2S(=O)(=O)N(C)C2CCCCC2)C1=O. The zero-order valence-electron chi connectivity index (χ0n) is 19.0. The summed E-state index contributed by atoms with van der Waals surface area (Å²) in [6, 6.07) is 5.06. The minimum absolute atomic E-state index is 0.0541. The first-order chi connectivity index (χ1) is 15.7. The number of amides is 5. The number of unbranched alkanes of at least 4 members (excludes halogenated alkanes) is 1. The van der Waals surface area contributed by atoms with Gasteiger partial charge in [-0.3, -0.25) is 19.3 Å². The van der Waals surface area contributed by atoms with Crippen molar-refractivity contribution in [2.24, 2.45) is 0 Å². The van der Waals surface area contributed by atoms with E-state index < -0.39 is 40.3 Å². The molecule has 0 spiro atoms. The van der Waals surface area contributed by atoms with Gasteiger partial charge in [-0.25, -0.2) is 18.1 Å². The van der Waals surface area contributed by atoms with E-state index in [1.54, 1.807) is 19.2 Å². The van der Waals surface area contributed by atoms with Crippen molar-refractivity contribution in [1.29, 1.82) is 0 Å². The molecule has 5 amide bonds. The summed E-state index contributed by atoms with van der Waals surface area (Å²) in [5, 5.41) is 2.49. The highest BCUT2D eigenvalue weighted by Crippen LogP contribution is 2.29. The average Bonchev–Trinajstić information content (AvgIpc) is 3.00. The molecule has 1 saturated carbocycles. The van der Waals surface area contributed by atoms with Gasteiger partial charge in [0, 0.05) is 19.6 Å². The Kier molecular flexibility index (Phi) is 7.85. The second-order valence-electron chi connectivity index (χ2n) is 8.34. The third-order valence-corrected chi connectivity index (χ3v) is 8.05. The summed E-state index contributed by atoms with van der Waals surface area (Å²) in [6.45, 7) is 1.31. The zero-order chi connectivity index (χ0) is 24.2. The van der Waals surface area contributed by atoms with E-state index in [0.717, 1.165) is 43.4 Å². The second kappa shape index (κ2) is 10.4.